The Morgan fingerprint density at radius 2 is 2.09 bits per heavy atom. The number of amides is 2. The van der Waals surface area contributed by atoms with E-state index in [0.717, 1.165) is 0 Å². The van der Waals surface area contributed by atoms with E-state index in [1.54, 1.807) is 43.3 Å². The zero-order valence-electron chi connectivity index (χ0n) is 12.3. The average molecular weight is 299 g/mol. The molecule has 6 nitrogen and oxygen atoms in total. The molecular weight excluding hydrogens is 282 g/mol. The fraction of sp³-hybridized carbons (Fsp3) is 0.188. The van der Waals surface area contributed by atoms with Gasteiger partial charge in [-0.3, -0.25) is 9.59 Å². The highest BCUT2D eigenvalue weighted by Crippen LogP contribution is 2.08. The summed E-state index contributed by atoms with van der Waals surface area (Å²) < 4.78 is 4.87. The molecule has 1 aromatic heterocycles. The van der Waals surface area contributed by atoms with Crippen LogP contribution in [-0.2, 0) is 4.79 Å². The first-order chi connectivity index (χ1) is 10.6. The number of rotatable bonds is 6. The topological polar surface area (TPSA) is 75.4 Å². The monoisotopic (exact) mass is 299 g/mol. The van der Waals surface area contributed by atoms with Gasteiger partial charge >= 0.3 is 0 Å². The lowest BCUT2D eigenvalue weighted by atomic mass is 10.2. The van der Waals surface area contributed by atoms with Gasteiger partial charge in [0.15, 0.2) is 5.82 Å². The lowest BCUT2D eigenvalue weighted by Gasteiger charge is -2.20. The van der Waals surface area contributed by atoms with Gasteiger partial charge in [-0.1, -0.05) is 29.4 Å². The van der Waals surface area contributed by atoms with Crippen molar-refractivity contribution in [3.8, 4) is 0 Å². The van der Waals surface area contributed by atoms with Crippen LogP contribution >= 0.6 is 0 Å². The third-order valence-electron chi connectivity index (χ3n) is 2.89. The van der Waals surface area contributed by atoms with Crippen LogP contribution in [0.1, 0.15) is 16.1 Å². The molecule has 0 fully saturated rings. The number of nitrogens with zero attached hydrogens (tertiary/aromatic N) is 2. The second-order valence-electron chi connectivity index (χ2n) is 4.71. The molecular formula is C16H17N3O3. The summed E-state index contributed by atoms with van der Waals surface area (Å²) in [4.78, 5) is 25.8. The van der Waals surface area contributed by atoms with Gasteiger partial charge in [-0.25, -0.2) is 0 Å². The van der Waals surface area contributed by atoms with E-state index in [0.29, 0.717) is 17.1 Å². The Kier molecular flexibility index (Phi) is 5.08. The molecule has 1 N–H and O–H groups in total. The molecule has 6 heteroatoms. The summed E-state index contributed by atoms with van der Waals surface area (Å²) in [5.74, 6) is 0.346. The second-order valence-corrected chi connectivity index (χ2v) is 4.71. The molecule has 0 aliphatic heterocycles. The number of carbonyl (C=O) groups is 2. The molecule has 1 heterocycles. The van der Waals surface area contributed by atoms with Crippen molar-refractivity contribution in [2.75, 3.05) is 18.4 Å². The van der Waals surface area contributed by atoms with E-state index >= 15 is 0 Å². The summed E-state index contributed by atoms with van der Waals surface area (Å²) in [6, 6.07) is 10.4. The zero-order valence-corrected chi connectivity index (χ0v) is 12.3. The molecule has 0 saturated heterocycles. The Morgan fingerprint density at radius 3 is 2.68 bits per heavy atom. The van der Waals surface area contributed by atoms with Gasteiger partial charge in [-0.05, 0) is 19.1 Å². The van der Waals surface area contributed by atoms with E-state index in [2.05, 4.69) is 17.1 Å². The summed E-state index contributed by atoms with van der Waals surface area (Å²) in [5, 5.41) is 6.27. The summed E-state index contributed by atoms with van der Waals surface area (Å²) in [6.45, 7) is 5.53. The van der Waals surface area contributed by atoms with Gasteiger partial charge in [0.1, 0.15) is 12.3 Å². The third-order valence-corrected chi connectivity index (χ3v) is 2.89. The minimum Gasteiger partial charge on any atom is -0.360 e. The summed E-state index contributed by atoms with van der Waals surface area (Å²) in [5.41, 5.74) is 0.523. The summed E-state index contributed by atoms with van der Waals surface area (Å²) in [7, 11) is 0. The lowest BCUT2D eigenvalue weighted by molar-refractivity contribution is -0.116. The van der Waals surface area contributed by atoms with Gasteiger partial charge in [-0.2, -0.15) is 0 Å². The SMILES string of the molecule is C=CCN(CC(=O)Nc1cc(C)on1)C(=O)c1ccccc1. The molecule has 0 spiro atoms. The Morgan fingerprint density at radius 1 is 1.36 bits per heavy atom. The van der Waals surface area contributed by atoms with Crippen molar-refractivity contribution >= 4 is 17.6 Å². The first kappa shape index (κ1) is 15.5. The molecule has 0 radical (unpaired) electrons. The Balaban J connectivity index is 2.03. The molecule has 2 amide bonds. The lowest BCUT2D eigenvalue weighted by Crippen LogP contribution is -2.38. The maximum Gasteiger partial charge on any atom is 0.254 e. The molecule has 0 saturated carbocycles. The van der Waals surface area contributed by atoms with Crippen molar-refractivity contribution in [3.05, 3.63) is 60.4 Å². The second kappa shape index (κ2) is 7.21. The number of aromatic nitrogens is 1. The molecule has 22 heavy (non-hydrogen) atoms. The number of benzene rings is 1. The van der Waals surface area contributed by atoms with Gasteiger partial charge in [0.05, 0.1) is 0 Å². The number of aryl methyl sites for hydroxylation is 1. The van der Waals surface area contributed by atoms with Crippen LogP contribution in [-0.4, -0.2) is 35.0 Å². The minimum atomic E-state index is -0.348. The van der Waals surface area contributed by atoms with Crippen LogP contribution in [0.3, 0.4) is 0 Å². The molecule has 0 atom stereocenters. The van der Waals surface area contributed by atoms with Crippen molar-refractivity contribution in [3.63, 3.8) is 0 Å². The Bertz CT molecular complexity index is 664. The van der Waals surface area contributed by atoms with Gasteiger partial charge < -0.3 is 14.7 Å². The Labute approximate surface area is 128 Å². The van der Waals surface area contributed by atoms with Crippen LogP contribution in [0.25, 0.3) is 0 Å². The number of carbonyl (C=O) groups excluding carboxylic acids is 2. The highest BCUT2D eigenvalue weighted by atomic mass is 16.5. The number of hydrogen-bond donors (Lipinski definition) is 1. The standard InChI is InChI=1S/C16H17N3O3/c1-3-9-19(16(21)13-7-5-4-6-8-13)11-15(20)17-14-10-12(2)22-18-14/h3-8,10H,1,9,11H2,2H3,(H,17,18,20). The van der Waals surface area contributed by atoms with Gasteiger partial charge in [0, 0.05) is 18.2 Å². The predicted molar refractivity (Wildman–Crippen MR) is 82.4 cm³/mol. The van der Waals surface area contributed by atoms with Crippen LogP contribution in [0, 0.1) is 6.92 Å². The predicted octanol–water partition coefficient (Wildman–Crippen LogP) is 2.25. The van der Waals surface area contributed by atoms with Crippen molar-refractivity contribution in [2.45, 2.75) is 6.92 Å². The number of nitrogens with one attached hydrogen (secondary N) is 1. The van der Waals surface area contributed by atoms with Crippen molar-refractivity contribution in [1.29, 1.82) is 0 Å². The molecule has 2 rings (SSSR count). The van der Waals surface area contributed by atoms with Gasteiger partial charge in [0.2, 0.25) is 5.91 Å². The summed E-state index contributed by atoms with van der Waals surface area (Å²) in [6.07, 6.45) is 1.58. The first-order valence-corrected chi connectivity index (χ1v) is 6.78. The van der Waals surface area contributed by atoms with E-state index in [4.69, 9.17) is 4.52 Å². The van der Waals surface area contributed by atoms with E-state index in [1.165, 1.54) is 4.90 Å². The van der Waals surface area contributed by atoms with E-state index in [9.17, 15) is 9.59 Å². The zero-order chi connectivity index (χ0) is 15.9. The average Bonchev–Trinajstić information content (AvgIpc) is 2.92. The quantitative estimate of drug-likeness (QED) is 0.830. The molecule has 1 aromatic carbocycles. The maximum absolute atomic E-state index is 12.4. The fourth-order valence-corrected chi connectivity index (χ4v) is 1.92. The maximum atomic E-state index is 12.4. The molecule has 0 aliphatic rings. The van der Waals surface area contributed by atoms with Crippen molar-refractivity contribution in [1.82, 2.24) is 10.1 Å². The molecule has 0 bridgehead atoms. The third kappa shape index (κ3) is 4.05. The molecule has 114 valence electrons. The van der Waals surface area contributed by atoms with Crippen LogP contribution in [0.4, 0.5) is 5.82 Å². The van der Waals surface area contributed by atoms with Crippen LogP contribution in [0.15, 0.2) is 53.6 Å². The normalized spacial score (nSPS) is 10.0. The van der Waals surface area contributed by atoms with E-state index < -0.39 is 0 Å². The molecule has 0 aliphatic carbocycles. The van der Waals surface area contributed by atoms with Crippen LogP contribution in [0.5, 0.6) is 0 Å². The van der Waals surface area contributed by atoms with Gasteiger partial charge in [-0.15, -0.1) is 6.58 Å². The number of anilines is 1. The Hall–Kier alpha value is -2.89. The van der Waals surface area contributed by atoms with E-state index in [1.807, 2.05) is 6.07 Å². The van der Waals surface area contributed by atoms with Crippen molar-refractivity contribution in [2.24, 2.45) is 0 Å². The van der Waals surface area contributed by atoms with Crippen LogP contribution < -0.4 is 5.32 Å². The van der Waals surface area contributed by atoms with Crippen molar-refractivity contribution < 1.29 is 14.1 Å². The summed E-state index contributed by atoms with van der Waals surface area (Å²) >= 11 is 0. The molecule has 2 aromatic rings. The smallest absolute Gasteiger partial charge is 0.254 e. The van der Waals surface area contributed by atoms with E-state index in [-0.39, 0.29) is 24.9 Å². The fourth-order valence-electron chi connectivity index (χ4n) is 1.92. The largest absolute Gasteiger partial charge is 0.360 e. The number of hydrogen-bond acceptors (Lipinski definition) is 4. The highest BCUT2D eigenvalue weighted by molar-refractivity contribution is 5.99. The molecule has 0 unspecified atom stereocenters. The van der Waals surface area contributed by atoms with Gasteiger partial charge in [0.25, 0.3) is 5.91 Å². The highest BCUT2D eigenvalue weighted by Gasteiger charge is 2.18. The minimum absolute atomic E-state index is 0.0916. The first-order valence-electron chi connectivity index (χ1n) is 6.78. The van der Waals surface area contributed by atoms with Crippen LogP contribution in [0.2, 0.25) is 0 Å².